The molecule has 1 fully saturated rings. The summed E-state index contributed by atoms with van der Waals surface area (Å²) >= 11 is 0. The van der Waals surface area contributed by atoms with Gasteiger partial charge in [0.15, 0.2) is 5.96 Å². The second-order valence-corrected chi connectivity index (χ2v) is 6.23. The summed E-state index contributed by atoms with van der Waals surface area (Å²) in [5.74, 6) is 0.498. The first-order valence-electron chi connectivity index (χ1n) is 8.37. The molecule has 2 aromatic rings. The van der Waals surface area contributed by atoms with Crippen molar-refractivity contribution in [1.29, 1.82) is 0 Å². The van der Waals surface area contributed by atoms with E-state index in [0.717, 1.165) is 38.2 Å². The van der Waals surface area contributed by atoms with Crippen LogP contribution < -0.4 is 11.1 Å². The van der Waals surface area contributed by atoms with Crippen LogP contribution in [0.3, 0.4) is 0 Å². The average Bonchev–Trinajstić information content (AvgIpc) is 3.01. The quantitative estimate of drug-likeness (QED) is 0.406. The molecule has 3 rings (SSSR count). The molecule has 1 aromatic carbocycles. The van der Waals surface area contributed by atoms with E-state index in [1.807, 2.05) is 7.05 Å². The lowest BCUT2D eigenvalue weighted by Gasteiger charge is -2.32. The molecule has 0 radical (unpaired) electrons. The zero-order chi connectivity index (χ0) is 16.8. The number of aromatic nitrogens is 3. The minimum Gasteiger partial charge on any atom is -0.370 e. The Balaban J connectivity index is 0.00000225. The third kappa shape index (κ3) is 5.96. The fourth-order valence-electron chi connectivity index (χ4n) is 2.95. The molecule has 7 nitrogen and oxygen atoms in total. The molecule has 25 heavy (non-hydrogen) atoms. The lowest BCUT2D eigenvalue weighted by Crippen LogP contribution is -2.46. The van der Waals surface area contributed by atoms with E-state index < -0.39 is 0 Å². The third-order valence-corrected chi connectivity index (χ3v) is 4.41. The Morgan fingerprint density at radius 2 is 2.00 bits per heavy atom. The maximum absolute atomic E-state index is 6.00. The Labute approximate surface area is 165 Å². The molecule has 1 aliphatic heterocycles. The van der Waals surface area contributed by atoms with Crippen LogP contribution in [0.4, 0.5) is 0 Å². The van der Waals surface area contributed by atoms with Crippen molar-refractivity contribution in [3.8, 4) is 0 Å². The minimum atomic E-state index is 0. The fraction of sp³-hybridized carbons (Fsp3) is 0.471. The summed E-state index contributed by atoms with van der Waals surface area (Å²) in [5.41, 5.74) is 8.32. The number of hydrogen-bond acceptors (Lipinski definition) is 4. The number of hydrogen-bond donors (Lipinski definition) is 2. The molecule has 0 aliphatic carbocycles. The van der Waals surface area contributed by atoms with Crippen LogP contribution in [0.15, 0.2) is 41.5 Å². The standard InChI is InChI=1S/C17H25N7.HI/c1-23-16(12-20-22-23)11-19-17(18)21-15-7-9-24(10-8-15)13-14-5-3-2-4-6-14;/h2-6,12,15H,7-11,13H2,1H3,(H3,18,19,21);1H. The van der Waals surface area contributed by atoms with Gasteiger partial charge < -0.3 is 11.1 Å². The van der Waals surface area contributed by atoms with Crippen molar-refractivity contribution < 1.29 is 0 Å². The topological polar surface area (TPSA) is 84.4 Å². The monoisotopic (exact) mass is 455 g/mol. The van der Waals surface area contributed by atoms with Gasteiger partial charge in [-0.15, -0.1) is 29.1 Å². The number of halogens is 1. The number of aliphatic imine (C=N–C) groups is 1. The molecule has 0 spiro atoms. The van der Waals surface area contributed by atoms with Crippen LogP contribution >= 0.6 is 24.0 Å². The van der Waals surface area contributed by atoms with E-state index in [2.05, 4.69) is 55.9 Å². The van der Waals surface area contributed by atoms with Gasteiger partial charge >= 0.3 is 0 Å². The first-order valence-corrected chi connectivity index (χ1v) is 8.37. The van der Waals surface area contributed by atoms with Gasteiger partial charge in [-0.25, -0.2) is 4.99 Å². The van der Waals surface area contributed by atoms with Crippen molar-refractivity contribution in [2.24, 2.45) is 17.8 Å². The van der Waals surface area contributed by atoms with Gasteiger partial charge in [0.1, 0.15) is 0 Å². The fourth-order valence-corrected chi connectivity index (χ4v) is 2.95. The third-order valence-electron chi connectivity index (χ3n) is 4.41. The van der Waals surface area contributed by atoms with Gasteiger partial charge in [-0.05, 0) is 18.4 Å². The maximum Gasteiger partial charge on any atom is 0.189 e. The first kappa shape index (κ1) is 19.6. The molecule has 3 N–H and O–H groups in total. The first-order chi connectivity index (χ1) is 11.7. The molecule has 1 saturated heterocycles. The van der Waals surface area contributed by atoms with Crippen LogP contribution in [-0.4, -0.2) is 45.0 Å². The molecule has 0 atom stereocenters. The lowest BCUT2D eigenvalue weighted by molar-refractivity contribution is 0.199. The number of benzene rings is 1. The smallest absolute Gasteiger partial charge is 0.189 e. The summed E-state index contributed by atoms with van der Waals surface area (Å²) in [6, 6.07) is 11.0. The molecular weight excluding hydrogens is 429 g/mol. The normalized spacial score (nSPS) is 16.4. The lowest BCUT2D eigenvalue weighted by atomic mass is 10.0. The van der Waals surface area contributed by atoms with E-state index in [4.69, 9.17) is 5.73 Å². The number of piperidine rings is 1. The molecule has 8 heteroatoms. The Morgan fingerprint density at radius 1 is 1.28 bits per heavy atom. The van der Waals surface area contributed by atoms with Crippen molar-refractivity contribution in [3.63, 3.8) is 0 Å². The van der Waals surface area contributed by atoms with E-state index in [9.17, 15) is 0 Å². The van der Waals surface area contributed by atoms with Crippen LogP contribution in [0.1, 0.15) is 24.1 Å². The molecule has 0 saturated carbocycles. The molecular formula is C17H26IN7. The van der Waals surface area contributed by atoms with Crippen LogP contribution in [0.5, 0.6) is 0 Å². The Bertz CT molecular complexity index is 663. The second-order valence-electron chi connectivity index (χ2n) is 6.23. The van der Waals surface area contributed by atoms with E-state index in [1.54, 1.807) is 10.9 Å². The molecule has 0 amide bonds. The van der Waals surface area contributed by atoms with Gasteiger partial charge in [0, 0.05) is 32.7 Å². The SMILES string of the molecule is Cn1nncc1CN=C(N)NC1CCN(Cc2ccccc2)CC1.I. The summed E-state index contributed by atoms with van der Waals surface area (Å²) in [5, 5.41) is 11.1. The van der Waals surface area contributed by atoms with Gasteiger partial charge in [-0.3, -0.25) is 9.58 Å². The highest BCUT2D eigenvalue weighted by Crippen LogP contribution is 2.13. The molecule has 1 aromatic heterocycles. The summed E-state index contributed by atoms with van der Waals surface area (Å²) in [7, 11) is 1.85. The molecule has 0 bridgehead atoms. The van der Waals surface area contributed by atoms with Crippen molar-refractivity contribution in [2.75, 3.05) is 13.1 Å². The van der Waals surface area contributed by atoms with Crippen molar-refractivity contribution in [2.45, 2.75) is 32.0 Å². The number of likely N-dealkylation sites (tertiary alicyclic amines) is 1. The highest BCUT2D eigenvalue weighted by atomic mass is 127. The minimum absolute atomic E-state index is 0. The van der Waals surface area contributed by atoms with Gasteiger partial charge in [-0.2, -0.15) is 0 Å². The number of guanidine groups is 1. The number of nitrogens with two attached hydrogens (primary N) is 1. The van der Waals surface area contributed by atoms with Crippen LogP contribution in [0.2, 0.25) is 0 Å². The molecule has 0 unspecified atom stereocenters. The number of nitrogens with one attached hydrogen (secondary N) is 1. The van der Waals surface area contributed by atoms with Gasteiger partial charge in [-0.1, -0.05) is 35.5 Å². The molecule has 2 heterocycles. The largest absolute Gasteiger partial charge is 0.370 e. The molecule has 1 aliphatic rings. The highest BCUT2D eigenvalue weighted by Gasteiger charge is 2.19. The predicted molar refractivity (Wildman–Crippen MR) is 110 cm³/mol. The number of aryl methyl sites for hydroxylation is 1. The zero-order valence-electron chi connectivity index (χ0n) is 14.5. The van der Waals surface area contributed by atoms with Crippen LogP contribution in [0, 0.1) is 0 Å². The zero-order valence-corrected chi connectivity index (χ0v) is 16.8. The van der Waals surface area contributed by atoms with Crippen molar-refractivity contribution in [1.82, 2.24) is 25.2 Å². The van der Waals surface area contributed by atoms with Crippen molar-refractivity contribution >= 4 is 29.9 Å². The van der Waals surface area contributed by atoms with Gasteiger partial charge in [0.2, 0.25) is 0 Å². The van der Waals surface area contributed by atoms with Gasteiger partial charge in [0.25, 0.3) is 0 Å². The Morgan fingerprint density at radius 3 is 2.64 bits per heavy atom. The summed E-state index contributed by atoms with van der Waals surface area (Å²) in [6.07, 6.45) is 3.87. The number of nitrogens with zero attached hydrogens (tertiary/aromatic N) is 5. The average molecular weight is 455 g/mol. The summed E-state index contributed by atoms with van der Waals surface area (Å²) < 4.78 is 1.71. The Hall–Kier alpha value is -1.68. The van der Waals surface area contributed by atoms with E-state index in [1.165, 1.54) is 5.56 Å². The van der Waals surface area contributed by atoms with Gasteiger partial charge in [0.05, 0.1) is 18.4 Å². The summed E-state index contributed by atoms with van der Waals surface area (Å²) in [4.78, 5) is 6.87. The summed E-state index contributed by atoms with van der Waals surface area (Å²) in [6.45, 7) is 3.66. The van der Waals surface area contributed by atoms with Crippen LogP contribution in [-0.2, 0) is 20.1 Å². The van der Waals surface area contributed by atoms with E-state index in [-0.39, 0.29) is 24.0 Å². The maximum atomic E-state index is 6.00. The highest BCUT2D eigenvalue weighted by molar-refractivity contribution is 14.0. The van der Waals surface area contributed by atoms with Crippen LogP contribution in [0.25, 0.3) is 0 Å². The number of rotatable bonds is 5. The molecule has 136 valence electrons. The Kier molecular flexibility index (Phi) is 7.63. The van der Waals surface area contributed by atoms with E-state index in [0.29, 0.717) is 18.5 Å². The predicted octanol–water partition coefficient (Wildman–Crippen LogP) is 1.50. The second kappa shape index (κ2) is 9.71. The van der Waals surface area contributed by atoms with Crippen molar-refractivity contribution in [3.05, 3.63) is 47.8 Å². The van der Waals surface area contributed by atoms with E-state index >= 15 is 0 Å².